The fourth-order valence-corrected chi connectivity index (χ4v) is 4.58. The maximum absolute atomic E-state index is 2.32. The summed E-state index contributed by atoms with van der Waals surface area (Å²) in [6.45, 7) is 11.0. The summed E-state index contributed by atoms with van der Waals surface area (Å²) in [5.41, 5.74) is 8.73. The molecule has 0 radical (unpaired) electrons. The summed E-state index contributed by atoms with van der Waals surface area (Å²) in [5, 5.41) is 0. The molecule has 1 fully saturated rings. The van der Waals surface area contributed by atoms with Crippen LogP contribution in [0.1, 0.15) is 91.7 Å². The number of rotatable bonds is 6. The first-order valence-corrected chi connectivity index (χ1v) is 11.6. The quantitative estimate of drug-likeness (QED) is 0.473. The average molecular weight is 379 g/mol. The molecule has 3 rings (SSSR count). The molecule has 154 valence electrons. The van der Waals surface area contributed by atoms with E-state index >= 15 is 0 Å². The molecule has 0 bridgehead atoms. The second-order valence-corrected chi connectivity index (χ2v) is 9.01. The Morgan fingerprint density at radius 2 is 1.25 bits per heavy atom. The molecule has 1 aliphatic carbocycles. The standard InChI is InChI=1S/C17H26.C11H16/c1-14-11-12-17(15(2)13-14)10-6-9-16-7-4-3-5-8-16;1-4-5-11-7-6-9(2)8-10(11)3/h11-13,16H,3-10H2,1-2H3;6-8H,4-5H2,1-3H3. The molecular weight excluding hydrogens is 336 g/mol. The van der Waals surface area contributed by atoms with Crippen molar-refractivity contribution in [3.05, 3.63) is 69.8 Å². The number of benzene rings is 2. The third-order valence-electron chi connectivity index (χ3n) is 6.30. The van der Waals surface area contributed by atoms with E-state index < -0.39 is 0 Å². The highest BCUT2D eigenvalue weighted by molar-refractivity contribution is 5.31. The van der Waals surface area contributed by atoms with E-state index in [1.165, 1.54) is 92.0 Å². The monoisotopic (exact) mass is 378 g/mol. The van der Waals surface area contributed by atoms with Crippen molar-refractivity contribution >= 4 is 0 Å². The van der Waals surface area contributed by atoms with Crippen LogP contribution in [-0.4, -0.2) is 0 Å². The minimum absolute atomic E-state index is 1.04. The van der Waals surface area contributed by atoms with Crippen molar-refractivity contribution < 1.29 is 0 Å². The molecule has 0 saturated heterocycles. The van der Waals surface area contributed by atoms with Crippen LogP contribution in [0.3, 0.4) is 0 Å². The van der Waals surface area contributed by atoms with Gasteiger partial charge in [0, 0.05) is 0 Å². The van der Waals surface area contributed by atoms with Crippen LogP contribution < -0.4 is 0 Å². The average Bonchev–Trinajstić information content (AvgIpc) is 2.67. The zero-order valence-electron chi connectivity index (χ0n) is 19.1. The molecule has 0 unspecified atom stereocenters. The predicted molar refractivity (Wildman–Crippen MR) is 125 cm³/mol. The smallest absolute Gasteiger partial charge is 0.0276 e. The lowest BCUT2D eigenvalue weighted by molar-refractivity contribution is 0.332. The Kier molecular flexibility index (Phi) is 9.82. The Morgan fingerprint density at radius 1 is 0.714 bits per heavy atom. The van der Waals surface area contributed by atoms with Crippen LogP contribution in [0.2, 0.25) is 0 Å². The van der Waals surface area contributed by atoms with Crippen LogP contribution in [0.4, 0.5) is 0 Å². The van der Waals surface area contributed by atoms with Crippen LogP contribution in [-0.2, 0) is 12.8 Å². The van der Waals surface area contributed by atoms with E-state index in [0.717, 1.165) is 5.92 Å². The zero-order valence-corrected chi connectivity index (χ0v) is 19.1. The van der Waals surface area contributed by atoms with Crippen molar-refractivity contribution in [3.8, 4) is 0 Å². The second-order valence-electron chi connectivity index (χ2n) is 9.01. The van der Waals surface area contributed by atoms with Crippen LogP contribution in [0.25, 0.3) is 0 Å². The summed E-state index contributed by atoms with van der Waals surface area (Å²) < 4.78 is 0. The van der Waals surface area contributed by atoms with Gasteiger partial charge in [-0.25, -0.2) is 0 Å². The molecule has 1 aliphatic rings. The lowest BCUT2D eigenvalue weighted by Crippen LogP contribution is -2.06. The Bertz CT molecular complexity index is 704. The summed E-state index contributed by atoms with van der Waals surface area (Å²) in [4.78, 5) is 0. The largest absolute Gasteiger partial charge is 0.0651 e. The van der Waals surface area contributed by atoms with E-state index in [1.807, 2.05) is 0 Å². The molecule has 0 N–H and O–H groups in total. The van der Waals surface area contributed by atoms with Crippen LogP contribution in [0, 0.1) is 33.6 Å². The van der Waals surface area contributed by atoms with Crippen molar-refractivity contribution in [2.75, 3.05) is 0 Å². The van der Waals surface area contributed by atoms with E-state index in [-0.39, 0.29) is 0 Å². The molecular formula is C28H42. The van der Waals surface area contributed by atoms with Crippen molar-refractivity contribution in [2.45, 2.75) is 98.8 Å². The third kappa shape index (κ3) is 7.82. The van der Waals surface area contributed by atoms with Gasteiger partial charge in [-0.3, -0.25) is 0 Å². The maximum Gasteiger partial charge on any atom is -0.0276 e. The molecule has 0 amide bonds. The fourth-order valence-electron chi connectivity index (χ4n) is 4.58. The fraction of sp³-hybridized carbons (Fsp3) is 0.571. The van der Waals surface area contributed by atoms with Gasteiger partial charge in [-0.05, 0) is 75.1 Å². The van der Waals surface area contributed by atoms with Gasteiger partial charge >= 0.3 is 0 Å². The van der Waals surface area contributed by atoms with Gasteiger partial charge in [0.2, 0.25) is 0 Å². The van der Waals surface area contributed by atoms with Crippen LogP contribution in [0.15, 0.2) is 36.4 Å². The summed E-state index contributed by atoms with van der Waals surface area (Å²) in [5.74, 6) is 1.04. The first-order chi connectivity index (χ1) is 13.5. The summed E-state index contributed by atoms with van der Waals surface area (Å²) in [6.07, 6.45) is 14.0. The lowest BCUT2D eigenvalue weighted by Gasteiger charge is -2.21. The Labute approximate surface area is 174 Å². The molecule has 0 atom stereocenters. The summed E-state index contributed by atoms with van der Waals surface area (Å²) in [6, 6.07) is 13.6. The molecule has 1 saturated carbocycles. The van der Waals surface area contributed by atoms with Crippen molar-refractivity contribution in [1.29, 1.82) is 0 Å². The maximum atomic E-state index is 2.32. The molecule has 0 aromatic heterocycles. The van der Waals surface area contributed by atoms with E-state index in [9.17, 15) is 0 Å². The molecule has 0 aliphatic heterocycles. The first-order valence-electron chi connectivity index (χ1n) is 11.6. The number of hydrogen-bond acceptors (Lipinski definition) is 0. The van der Waals surface area contributed by atoms with Gasteiger partial charge in [-0.15, -0.1) is 0 Å². The Morgan fingerprint density at radius 3 is 1.75 bits per heavy atom. The number of aryl methyl sites for hydroxylation is 6. The van der Waals surface area contributed by atoms with Crippen LogP contribution in [0.5, 0.6) is 0 Å². The highest BCUT2D eigenvalue weighted by atomic mass is 14.2. The Balaban J connectivity index is 0.000000221. The molecule has 0 nitrogen and oxygen atoms in total. The predicted octanol–water partition coefficient (Wildman–Crippen LogP) is 8.46. The van der Waals surface area contributed by atoms with Gasteiger partial charge in [0.05, 0.1) is 0 Å². The van der Waals surface area contributed by atoms with Gasteiger partial charge in [0.25, 0.3) is 0 Å². The first kappa shape index (κ1) is 22.7. The van der Waals surface area contributed by atoms with Crippen LogP contribution >= 0.6 is 0 Å². The highest BCUT2D eigenvalue weighted by Gasteiger charge is 2.12. The van der Waals surface area contributed by atoms with Crippen molar-refractivity contribution in [2.24, 2.45) is 5.92 Å². The van der Waals surface area contributed by atoms with Crippen molar-refractivity contribution in [1.82, 2.24) is 0 Å². The molecule has 0 spiro atoms. The van der Waals surface area contributed by atoms with Gasteiger partial charge in [-0.1, -0.05) is 99.4 Å². The molecule has 28 heavy (non-hydrogen) atoms. The SMILES string of the molecule is CCCc1ccc(C)cc1C.Cc1ccc(CCCC2CCCCC2)c(C)c1. The third-order valence-corrected chi connectivity index (χ3v) is 6.30. The van der Waals surface area contributed by atoms with Gasteiger partial charge in [-0.2, -0.15) is 0 Å². The minimum Gasteiger partial charge on any atom is -0.0651 e. The normalized spacial score (nSPS) is 14.5. The van der Waals surface area contributed by atoms with E-state index in [2.05, 4.69) is 71.0 Å². The molecule has 2 aromatic carbocycles. The van der Waals surface area contributed by atoms with E-state index in [4.69, 9.17) is 0 Å². The minimum atomic E-state index is 1.04. The van der Waals surface area contributed by atoms with Crippen molar-refractivity contribution in [3.63, 3.8) is 0 Å². The van der Waals surface area contributed by atoms with E-state index in [0.29, 0.717) is 0 Å². The highest BCUT2D eigenvalue weighted by Crippen LogP contribution is 2.28. The molecule has 0 heterocycles. The zero-order chi connectivity index (χ0) is 20.4. The lowest BCUT2D eigenvalue weighted by atomic mass is 9.85. The molecule has 2 aromatic rings. The topological polar surface area (TPSA) is 0 Å². The van der Waals surface area contributed by atoms with E-state index in [1.54, 1.807) is 5.56 Å². The van der Waals surface area contributed by atoms with Gasteiger partial charge < -0.3 is 0 Å². The van der Waals surface area contributed by atoms with Gasteiger partial charge in [0.15, 0.2) is 0 Å². The Hall–Kier alpha value is -1.56. The summed E-state index contributed by atoms with van der Waals surface area (Å²) in [7, 11) is 0. The number of hydrogen-bond donors (Lipinski definition) is 0. The second kappa shape index (κ2) is 12.1. The summed E-state index contributed by atoms with van der Waals surface area (Å²) >= 11 is 0. The van der Waals surface area contributed by atoms with Gasteiger partial charge in [0.1, 0.15) is 0 Å². The molecule has 0 heteroatoms.